The summed E-state index contributed by atoms with van der Waals surface area (Å²) in [6.45, 7) is 3.11. The smallest absolute Gasteiger partial charge is 0.115 e. The molecule has 3 nitrogen and oxygen atoms in total. The number of rotatable bonds is 2. The van der Waals surface area contributed by atoms with Gasteiger partial charge in [-0.1, -0.05) is 0 Å². The fourth-order valence-electron chi connectivity index (χ4n) is 2.10. The van der Waals surface area contributed by atoms with Gasteiger partial charge in [-0.05, 0) is 22.4 Å². The summed E-state index contributed by atoms with van der Waals surface area (Å²) in [4.78, 5) is 10.9. The third-order valence-electron chi connectivity index (χ3n) is 2.93. The van der Waals surface area contributed by atoms with Crippen LogP contribution in [0.3, 0.4) is 0 Å². The molecule has 82 valence electrons. The molecule has 0 N–H and O–H groups in total. The summed E-state index contributed by atoms with van der Waals surface area (Å²) in [5, 5.41) is 4.35. The highest BCUT2D eigenvalue weighted by Crippen LogP contribution is 2.18. The van der Waals surface area contributed by atoms with Crippen LogP contribution in [0.15, 0.2) is 29.4 Å². The first-order chi connectivity index (χ1) is 7.92. The zero-order valence-electron chi connectivity index (χ0n) is 8.97. The summed E-state index contributed by atoms with van der Waals surface area (Å²) in [5.41, 5.74) is 3.91. The number of hydrogen-bond acceptors (Lipinski definition) is 4. The largest absolute Gasteiger partial charge is 0.294 e. The van der Waals surface area contributed by atoms with E-state index in [2.05, 4.69) is 31.7 Å². The summed E-state index contributed by atoms with van der Waals surface area (Å²) >= 11 is 1.76. The Kier molecular flexibility index (Phi) is 2.68. The zero-order valence-corrected chi connectivity index (χ0v) is 9.78. The van der Waals surface area contributed by atoms with Crippen molar-refractivity contribution in [2.75, 3.05) is 6.54 Å². The van der Waals surface area contributed by atoms with Crippen LogP contribution < -0.4 is 0 Å². The first-order valence-corrected chi connectivity index (χ1v) is 6.37. The number of aromatic nitrogens is 2. The fourth-order valence-corrected chi connectivity index (χ4v) is 2.76. The molecule has 3 rings (SSSR count). The van der Waals surface area contributed by atoms with Gasteiger partial charge in [0.15, 0.2) is 0 Å². The average Bonchev–Trinajstić information content (AvgIpc) is 2.82. The van der Waals surface area contributed by atoms with Gasteiger partial charge in [0.2, 0.25) is 0 Å². The highest BCUT2D eigenvalue weighted by atomic mass is 32.1. The lowest BCUT2D eigenvalue weighted by atomic mass is 10.1. The number of thiophene rings is 1. The number of hydrogen-bond donors (Lipinski definition) is 0. The van der Waals surface area contributed by atoms with E-state index < -0.39 is 0 Å². The monoisotopic (exact) mass is 231 g/mol. The Morgan fingerprint density at radius 1 is 1.44 bits per heavy atom. The maximum Gasteiger partial charge on any atom is 0.115 e. The molecule has 0 amide bonds. The summed E-state index contributed by atoms with van der Waals surface area (Å²) < 4.78 is 0. The molecule has 0 unspecified atom stereocenters. The first-order valence-electron chi connectivity index (χ1n) is 5.43. The van der Waals surface area contributed by atoms with Crippen LogP contribution in [0.4, 0.5) is 0 Å². The van der Waals surface area contributed by atoms with E-state index >= 15 is 0 Å². The van der Waals surface area contributed by atoms with Gasteiger partial charge in [0, 0.05) is 43.5 Å². The van der Waals surface area contributed by atoms with Crippen molar-refractivity contribution in [2.24, 2.45) is 0 Å². The van der Waals surface area contributed by atoms with Crippen LogP contribution in [0, 0.1) is 0 Å². The summed E-state index contributed by atoms with van der Waals surface area (Å²) in [5.74, 6) is 0. The zero-order chi connectivity index (χ0) is 10.8. The van der Waals surface area contributed by atoms with Crippen LogP contribution in [0.25, 0.3) is 0 Å². The van der Waals surface area contributed by atoms with Crippen molar-refractivity contribution in [3.8, 4) is 0 Å². The topological polar surface area (TPSA) is 29.0 Å². The predicted octanol–water partition coefficient (Wildman–Crippen LogP) is 2.10. The molecule has 0 aliphatic carbocycles. The minimum Gasteiger partial charge on any atom is -0.294 e. The van der Waals surface area contributed by atoms with Gasteiger partial charge >= 0.3 is 0 Å². The third kappa shape index (κ3) is 1.99. The average molecular weight is 231 g/mol. The molecule has 0 fully saturated rings. The van der Waals surface area contributed by atoms with Gasteiger partial charge in [-0.3, -0.25) is 4.90 Å². The summed E-state index contributed by atoms with van der Waals surface area (Å²) in [6.07, 6.45) is 4.64. The van der Waals surface area contributed by atoms with Crippen molar-refractivity contribution < 1.29 is 0 Å². The van der Waals surface area contributed by atoms with Gasteiger partial charge in [0.05, 0.1) is 0 Å². The van der Waals surface area contributed by atoms with Crippen LogP contribution in [-0.4, -0.2) is 21.4 Å². The first kappa shape index (κ1) is 9.93. The Morgan fingerprint density at radius 2 is 2.44 bits per heavy atom. The molecule has 16 heavy (non-hydrogen) atoms. The predicted molar refractivity (Wildman–Crippen MR) is 64.2 cm³/mol. The summed E-state index contributed by atoms with van der Waals surface area (Å²) in [7, 11) is 0. The lowest BCUT2D eigenvalue weighted by Crippen LogP contribution is -2.30. The quantitative estimate of drug-likeness (QED) is 0.792. The Bertz CT molecular complexity index is 467. The van der Waals surface area contributed by atoms with Crippen LogP contribution in [0.5, 0.6) is 0 Å². The van der Waals surface area contributed by atoms with Gasteiger partial charge < -0.3 is 0 Å². The van der Waals surface area contributed by atoms with E-state index in [4.69, 9.17) is 0 Å². The highest BCUT2D eigenvalue weighted by molar-refractivity contribution is 7.07. The molecule has 0 saturated heterocycles. The number of fused-ring (bicyclic) bond motifs is 1. The maximum absolute atomic E-state index is 4.32. The Hall–Kier alpha value is -1.26. The maximum atomic E-state index is 4.32. The van der Waals surface area contributed by atoms with Crippen LogP contribution >= 0.6 is 11.3 Å². The normalized spacial score (nSPS) is 16.0. The molecular formula is C12H13N3S. The molecule has 4 heteroatoms. The molecule has 0 saturated carbocycles. The van der Waals surface area contributed by atoms with Crippen LogP contribution in [0.2, 0.25) is 0 Å². The molecule has 0 radical (unpaired) electrons. The molecule has 2 aromatic rings. The molecule has 0 aromatic carbocycles. The van der Waals surface area contributed by atoms with E-state index in [1.165, 1.54) is 16.8 Å². The molecule has 0 bridgehead atoms. The van der Waals surface area contributed by atoms with E-state index in [0.29, 0.717) is 0 Å². The lowest BCUT2D eigenvalue weighted by Gasteiger charge is -2.27. The van der Waals surface area contributed by atoms with Crippen molar-refractivity contribution in [1.82, 2.24) is 14.9 Å². The van der Waals surface area contributed by atoms with Crippen LogP contribution in [0.1, 0.15) is 16.8 Å². The van der Waals surface area contributed by atoms with Crippen molar-refractivity contribution in [2.45, 2.75) is 19.5 Å². The van der Waals surface area contributed by atoms with Crippen LogP contribution in [-0.2, 0) is 19.5 Å². The minimum absolute atomic E-state index is 0.978. The van der Waals surface area contributed by atoms with Crippen molar-refractivity contribution >= 4 is 11.3 Å². The van der Waals surface area contributed by atoms with E-state index in [1.807, 2.05) is 6.20 Å². The van der Waals surface area contributed by atoms with Crippen molar-refractivity contribution in [1.29, 1.82) is 0 Å². The van der Waals surface area contributed by atoms with Gasteiger partial charge in [-0.2, -0.15) is 11.3 Å². The molecule has 3 heterocycles. The van der Waals surface area contributed by atoms with E-state index in [-0.39, 0.29) is 0 Å². The van der Waals surface area contributed by atoms with Gasteiger partial charge in [0.1, 0.15) is 6.33 Å². The van der Waals surface area contributed by atoms with Gasteiger partial charge in [-0.15, -0.1) is 0 Å². The summed E-state index contributed by atoms with van der Waals surface area (Å²) in [6, 6.07) is 2.20. The van der Waals surface area contributed by atoms with Gasteiger partial charge in [0.25, 0.3) is 0 Å². The van der Waals surface area contributed by atoms with E-state index in [9.17, 15) is 0 Å². The minimum atomic E-state index is 0.978. The van der Waals surface area contributed by atoms with Crippen molar-refractivity contribution in [3.63, 3.8) is 0 Å². The molecule has 1 aliphatic rings. The fraction of sp³-hybridized carbons (Fsp3) is 0.333. The van der Waals surface area contributed by atoms with Gasteiger partial charge in [-0.25, -0.2) is 9.97 Å². The molecule has 0 spiro atoms. The van der Waals surface area contributed by atoms with Crippen molar-refractivity contribution in [3.05, 3.63) is 46.2 Å². The van der Waals surface area contributed by atoms with E-state index in [1.54, 1.807) is 17.7 Å². The lowest BCUT2D eigenvalue weighted by molar-refractivity contribution is 0.243. The second-order valence-corrected chi connectivity index (χ2v) is 4.87. The molecular weight excluding hydrogens is 218 g/mol. The number of nitrogens with zero attached hydrogens (tertiary/aromatic N) is 3. The standard InChI is InChI=1S/C12H13N3S/c1-3-15(6-10-2-4-16-8-10)7-11-5-13-9-14-12(1)11/h2,4-5,8-9H,1,3,6-7H2. The second kappa shape index (κ2) is 4.31. The third-order valence-corrected chi connectivity index (χ3v) is 3.66. The molecule has 1 aliphatic heterocycles. The highest BCUT2D eigenvalue weighted by Gasteiger charge is 2.17. The molecule has 0 atom stereocenters. The second-order valence-electron chi connectivity index (χ2n) is 4.09. The Balaban J connectivity index is 1.73. The SMILES string of the molecule is c1ncc2c(n1)CCN(Cc1ccsc1)C2. The Labute approximate surface area is 98.8 Å². The van der Waals surface area contributed by atoms with E-state index in [0.717, 1.165) is 26.1 Å². The Morgan fingerprint density at radius 3 is 3.31 bits per heavy atom. The molecule has 2 aromatic heterocycles.